The van der Waals surface area contributed by atoms with E-state index in [4.69, 9.17) is 16.3 Å². The molecule has 0 spiro atoms. The Morgan fingerprint density at radius 2 is 1.90 bits per heavy atom. The molecule has 1 aromatic carbocycles. The standard InChI is InChI=1S/C19H19ClF3N5O2/c20-16-17(25-5-4-24-16)26-18(29)28-8-6-27(7-9-28)14-3-10-30-15-11-12(19(21,22)23)1-2-13(14)15/h1-2,4-5,11,14H,3,6-10H2,(H,25,26,29). The van der Waals surface area contributed by atoms with Crippen molar-refractivity contribution in [3.05, 3.63) is 46.9 Å². The summed E-state index contributed by atoms with van der Waals surface area (Å²) in [5.41, 5.74) is 0.0320. The summed E-state index contributed by atoms with van der Waals surface area (Å²) in [6.45, 7) is 2.47. The van der Waals surface area contributed by atoms with E-state index in [1.807, 2.05) is 0 Å². The zero-order valence-electron chi connectivity index (χ0n) is 15.8. The number of ether oxygens (including phenoxy) is 1. The van der Waals surface area contributed by atoms with Gasteiger partial charge in [0.2, 0.25) is 0 Å². The van der Waals surface area contributed by atoms with Crippen LogP contribution in [0.1, 0.15) is 23.6 Å². The van der Waals surface area contributed by atoms with Gasteiger partial charge in [-0.1, -0.05) is 17.7 Å². The van der Waals surface area contributed by atoms with Crippen LogP contribution >= 0.6 is 11.6 Å². The maximum atomic E-state index is 13.0. The average Bonchev–Trinajstić information content (AvgIpc) is 2.74. The van der Waals surface area contributed by atoms with E-state index in [1.54, 1.807) is 4.90 Å². The molecule has 0 bridgehead atoms. The van der Waals surface area contributed by atoms with Gasteiger partial charge in [-0.05, 0) is 12.1 Å². The second-order valence-corrected chi connectivity index (χ2v) is 7.41. The SMILES string of the molecule is O=C(Nc1nccnc1Cl)N1CCN(C2CCOc3cc(C(F)(F)F)ccc32)CC1. The van der Waals surface area contributed by atoms with Crippen LogP contribution in [0.25, 0.3) is 0 Å². The first-order valence-electron chi connectivity index (χ1n) is 9.43. The number of hydrogen-bond donors (Lipinski definition) is 1. The zero-order chi connectivity index (χ0) is 21.3. The van der Waals surface area contributed by atoms with E-state index >= 15 is 0 Å². The number of nitrogens with one attached hydrogen (secondary N) is 1. The number of nitrogens with zero attached hydrogens (tertiary/aromatic N) is 4. The van der Waals surface area contributed by atoms with Crippen molar-refractivity contribution in [2.75, 3.05) is 38.1 Å². The zero-order valence-corrected chi connectivity index (χ0v) is 16.6. The normalized spacial score (nSPS) is 19.7. The molecule has 2 aromatic rings. The third kappa shape index (κ3) is 4.29. The first-order chi connectivity index (χ1) is 14.3. The fourth-order valence-electron chi connectivity index (χ4n) is 3.75. The van der Waals surface area contributed by atoms with Crippen molar-refractivity contribution in [3.63, 3.8) is 0 Å². The smallest absolute Gasteiger partial charge is 0.416 e. The Balaban J connectivity index is 1.40. The minimum atomic E-state index is -4.41. The molecule has 7 nitrogen and oxygen atoms in total. The number of alkyl halides is 3. The van der Waals surface area contributed by atoms with Gasteiger partial charge in [0.05, 0.1) is 12.2 Å². The van der Waals surface area contributed by atoms with Crippen molar-refractivity contribution in [3.8, 4) is 5.75 Å². The molecule has 1 fully saturated rings. The van der Waals surface area contributed by atoms with Crippen LogP contribution in [0.4, 0.5) is 23.8 Å². The molecule has 3 heterocycles. The van der Waals surface area contributed by atoms with Gasteiger partial charge in [-0.2, -0.15) is 13.2 Å². The highest BCUT2D eigenvalue weighted by atomic mass is 35.5. The topological polar surface area (TPSA) is 70.6 Å². The number of carbonyl (C=O) groups is 1. The lowest BCUT2D eigenvalue weighted by molar-refractivity contribution is -0.137. The van der Waals surface area contributed by atoms with Crippen LogP contribution in [-0.4, -0.2) is 58.6 Å². The number of piperazine rings is 1. The molecule has 0 radical (unpaired) electrons. The van der Waals surface area contributed by atoms with Crippen molar-refractivity contribution in [1.82, 2.24) is 19.8 Å². The van der Waals surface area contributed by atoms with E-state index in [0.29, 0.717) is 39.2 Å². The Morgan fingerprint density at radius 3 is 2.60 bits per heavy atom. The van der Waals surface area contributed by atoms with Gasteiger partial charge < -0.3 is 9.64 Å². The molecule has 1 saturated heterocycles. The fraction of sp³-hybridized carbons (Fsp3) is 0.421. The first-order valence-corrected chi connectivity index (χ1v) is 9.81. The number of benzene rings is 1. The second kappa shape index (κ2) is 8.27. The maximum absolute atomic E-state index is 13.0. The minimum Gasteiger partial charge on any atom is -0.493 e. The van der Waals surface area contributed by atoms with Gasteiger partial charge in [0, 0.05) is 56.6 Å². The summed E-state index contributed by atoms with van der Waals surface area (Å²) in [7, 11) is 0. The lowest BCUT2D eigenvalue weighted by atomic mass is 9.96. The molecule has 30 heavy (non-hydrogen) atoms. The molecule has 11 heteroatoms. The van der Waals surface area contributed by atoms with Crippen LogP contribution in [0.5, 0.6) is 5.75 Å². The van der Waals surface area contributed by atoms with Crippen LogP contribution < -0.4 is 10.1 Å². The molecule has 1 aromatic heterocycles. The molecule has 2 amide bonds. The van der Waals surface area contributed by atoms with Crippen LogP contribution in [-0.2, 0) is 6.18 Å². The molecule has 0 aliphatic carbocycles. The molecule has 1 N–H and O–H groups in total. The Bertz CT molecular complexity index is 935. The molecule has 1 unspecified atom stereocenters. The number of rotatable bonds is 2. The number of urea groups is 1. The van der Waals surface area contributed by atoms with Gasteiger partial charge in [-0.3, -0.25) is 10.2 Å². The third-order valence-electron chi connectivity index (χ3n) is 5.27. The maximum Gasteiger partial charge on any atom is 0.416 e. The summed E-state index contributed by atoms with van der Waals surface area (Å²) >= 11 is 5.92. The number of halogens is 4. The van der Waals surface area contributed by atoms with E-state index in [-0.39, 0.29) is 28.8 Å². The predicted molar refractivity (Wildman–Crippen MR) is 104 cm³/mol. The summed E-state index contributed by atoms with van der Waals surface area (Å²) in [5, 5.41) is 2.76. The van der Waals surface area contributed by atoms with Gasteiger partial charge in [0.15, 0.2) is 11.0 Å². The highest BCUT2D eigenvalue weighted by Crippen LogP contribution is 2.40. The van der Waals surface area contributed by atoms with E-state index in [2.05, 4.69) is 20.2 Å². The highest BCUT2D eigenvalue weighted by molar-refractivity contribution is 6.32. The van der Waals surface area contributed by atoms with Crippen LogP contribution in [0, 0.1) is 0 Å². The largest absolute Gasteiger partial charge is 0.493 e. The summed E-state index contributed by atoms with van der Waals surface area (Å²) in [4.78, 5) is 24.2. The second-order valence-electron chi connectivity index (χ2n) is 7.05. The molecule has 4 rings (SSSR count). The number of fused-ring (bicyclic) bond motifs is 1. The van der Waals surface area contributed by atoms with Crippen molar-refractivity contribution in [2.45, 2.75) is 18.6 Å². The van der Waals surface area contributed by atoms with Gasteiger partial charge >= 0.3 is 12.2 Å². The lowest BCUT2D eigenvalue weighted by Gasteiger charge is -2.41. The van der Waals surface area contributed by atoms with Crippen LogP contribution in [0.3, 0.4) is 0 Å². The molecule has 2 aliphatic rings. The molecule has 2 aliphatic heterocycles. The monoisotopic (exact) mass is 441 g/mol. The van der Waals surface area contributed by atoms with Gasteiger partial charge in [-0.25, -0.2) is 14.8 Å². The predicted octanol–water partition coefficient (Wildman–Crippen LogP) is 3.82. The molecular weight excluding hydrogens is 423 g/mol. The Kier molecular flexibility index (Phi) is 5.70. The van der Waals surface area contributed by atoms with E-state index in [0.717, 1.165) is 17.7 Å². The Hall–Kier alpha value is -2.59. The Labute approximate surface area is 175 Å². The summed E-state index contributed by atoms with van der Waals surface area (Å²) < 4.78 is 44.4. The molecule has 160 valence electrons. The first kappa shape index (κ1) is 20.7. The number of anilines is 1. The van der Waals surface area contributed by atoms with E-state index in [1.165, 1.54) is 18.5 Å². The molecule has 1 atom stereocenters. The summed E-state index contributed by atoms with van der Waals surface area (Å²) in [6, 6.07) is 3.29. The number of aromatic nitrogens is 2. The van der Waals surface area contributed by atoms with E-state index in [9.17, 15) is 18.0 Å². The Morgan fingerprint density at radius 1 is 1.17 bits per heavy atom. The van der Waals surface area contributed by atoms with Crippen LogP contribution in [0.2, 0.25) is 5.15 Å². The number of hydrogen-bond acceptors (Lipinski definition) is 5. The van der Waals surface area contributed by atoms with Crippen molar-refractivity contribution in [1.29, 1.82) is 0 Å². The van der Waals surface area contributed by atoms with Gasteiger partial charge in [-0.15, -0.1) is 0 Å². The number of carbonyl (C=O) groups excluding carboxylic acids is 1. The minimum absolute atomic E-state index is 0.0457. The summed E-state index contributed by atoms with van der Waals surface area (Å²) in [5.74, 6) is 0.476. The quantitative estimate of drug-likeness (QED) is 0.767. The van der Waals surface area contributed by atoms with Gasteiger partial charge in [0.1, 0.15) is 5.75 Å². The van der Waals surface area contributed by atoms with Crippen LogP contribution in [0.15, 0.2) is 30.6 Å². The highest BCUT2D eigenvalue weighted by Gasteiger charge is 2.35. The average molecular weight is 442 g/mol. The molecule has 0 saturated carbocycles. The lowest BCUT2D eigenvalue weighted by Crippen LogP contribution is -2.51. The van der Waals surface area contributed by atoms with Crippen molar-refractivity contribution >= 4 is 23.4 Å². The van der Waals surface area contributed by atoms with E-state index < -0.39 is 11.7 Å². The third-order valence-corrected chi connectivity index (χ3v) is 5.55. The fourth-order valence-corrected chi connectivity index (χ4v) is 3.90. The van der Waals surface area contributed by atoms with Gasteiger partial charge in [0.25, 0.3) is 0 Å². The number of amides is 2. The van der Waals surface area contributed by atoms with Crippen molar-refractivity contribution in [2.24, 2.45) is 0 Å². The molecular formula is C19H19ClF3N5O2. The summed E-state index contributed by atoms with van der Waals surface area (Å²) in [6.07, 6.45) is -0.859. The van der Waals surface area contributed by atoms with Crippen molar-refractivity contribution < 1.29 is 22.7 Å².